The van der Waals surface area contributed by atoms with Gasteiger partial charge >= 0.3 is 0 Å². The predicted octanol–water partition coefficient (Wildman–Crippen LogP) is 1.75. The standard InChI is InChI=1S/C12H20N4/c1-3-6-13-12-14-7-10-16(12)11-4-8-15(2)9-5-11/h3,7,10-11H,1,4-6,8-9H2,2H3,(H,13,14). The summed E-state index contributed by atoms with van der Waals surface area (Å²) in [5.41, 5.74) is 0. The topological polar surface area (TPSA) is 33.1 Å². The van der Waals surface area contributed by atoms with E-state index in [1.807, 2.05) is 12.3 Å². The smallest absolute Gasteiger partial charge is 0.203 e. The van der Waals surface area contributed by atoms with Gasteiger partial charge in [0.15, 0.2) is 0 Å². The molecule has 0 spiro atoms. The van der Waals surface area contributed by atoms with E-state index in [-0.39, 0.29) is 0 Å². The molecule has 1 aromatic rings. The second kappa shape index (κ2) is 5.16. The number of aromatic nitrogens is 2. The van der Waals surface area contributed by atoms with E-state index >= 15 is 0 Å². The van der Waals surface area contributed by atoms with E-state index in [0.717, 1.165) is 12.5 Å². The Bertz CT molecular complexity index is 337. The van der Waals surface area contributed by atoms with Crippen LogP contribution in [0.5, 0.6) is 0 Å². The molecule has 0 saturated carbocycles. The molecule has 1 saturated heterocycles. The molecule has 4 heteroatoms. The Morgan fingerprint density at radius 2 is 2.31 bits per heavy atom. The van der Waals surface area contributed by atoms with Crippen LogP contribution in [0.4, 0.5) is 5.95 Å². The lowest BCUT2D eigenvalue weighted by Crippen LogP contribution is -2.31. The van der Waals surface area contributed by atoms with Gasteiger partial charge in [0.25, 0.3) is 0 Å². The highest BCUT2D eigenvalue weighted by atomic mass is 15.2. The van der Waals surface area contributed by atoms with Crippen LogP contribution in [0.15, 0.2) is 25.0 Å². The number of nitrogens with zero attached hydrogens (tertiary/aromatic N) is 3. The average Bonchev–Trinajstić information content (AvgIpc) is 2.75. The SMILES string of the molecule is C=CCNc1nccn1C1CCN(C)CC1. The van der Waals surface area contributed by atoms with Crippen molar-refractivity contribution in [3.05, 3.63) is 25.0 Å². The molecule has 0 amide bonds. The van der Waals surface area contributed by atoms with Crippen LogP contribution in [0.1, 0.15) is 18.9 Å². The van der Waals surface area contributed by atoms with Crippen LogP contribution in [-0.2, 0) is 0 Å². The lowest BCUT2D eigenvalue weighted by atomic mass is 10.1. The number of piperidine rings is 1. The van der Waals surface area contributed by atoms with E-state index in [1.165, 1.54) is 25.9 Å². The number of hydrogen-bond donors (Lipinski definition) is 1. The van der Waals surface area contributed by atoms with Crippen LogP contribution in [-0.4, -0.2) is 41.1 Å². The molecule has 1 N–H and O–H groups in total. The van der Waals surface area contributed by atoms with E-state index in [1.54, 1.807) is 0 Å². The molecule has 0 radical (unpaired) electrons. The Labute approximate surface area is 97.0 Å². The maximum atomic E-state index is 4.34. The van der Waals surface area contributed by atoms with E-state index in [4.69, 9.17) is 0 Å². The lowest BCUT2D eigenvalue weighted by Gasteiger charge is -2.30. The van der Waals surface area contributed by atoms with Gasteiger partial charge in [-0.2, -0.15) is 0 Å². The zero-order valence-electron chi connectivity index (χ0n) is 9.89. The number of hydrogen-bond acceptors (Lipinski definition) is 3. The third kappa shape index (κ3) is 2.44. The van der Waals surface area contributed by atoms with Crippen molar-refractivity contribution in [1.82, 2.24) is 14.5 Å². The van der Waals surface area contributed by atoms with Crippen molar-refractivity contribution in [3.63, 3.8) is 0 Å². The van der Waals surface area contributed by atoms with E-state index < -0.39 is 0 Å². The summed E-state index contributed by atoms with van der Waals surface area (Å²) in [5, 5.41) is 3.27. The van der Waals surface area contributed by atoms with Crippen molar-refractivity contribution in [2.45, 2.75) is 18.9 Å². The van der Waals surface area contributed by atoms with Gasteiger partial charge in [0, 0.05) is 25.0 Å². The molecule has 2 rings (SSSR count). The van der Waals surface area contributed by atoms with Gasteiger partial charge in [-0.3, -0.25) is 0 Å². The fraction of sp³-hybridized carbons (Fsp3) is 0.583. The molecule has 0 aromatic carbocycles. The van der Waals surface area contributed by atoms with Crippen LogP contribution < -0.4 is 5.32 Å². The summed E-state index contributed by atoms with van der Waals surface area (Å²) in [5.74, 6) is 0.967. The summed E-state index contributed by atoms with van der Waals surface area (Å²) in [6.07, 6.45) is 8.20. The Balaban J connectivity index is 2.02. The predicted molar refractivity (Wildman–Crippen MR) is 66.7 cm³/mol. The van der Waals surface area contributed by atoms with Crippen LogP contribution >= 0.6 is 0 Å². The van der Waals surface area contributed by atoms with Crippen LogP contribution in [0.25, 0.3) is 0 Å². The first-order valence-electron chi connectivity index (χ1n) is 5.87. The van der Waals surface area contributed by atoms with Gasteiger partial charge in [-0.25, -0.2) is 4.98 Å². The first kappa shape index (κ1) is 11.2. The van der Waals surface area contributed by atoms with Crippen LogP contribution in [0.2, 0.25) is 0 Å². The molecule has 16 heavy (non-hydrogen) atoms. The number of anilines is 1. The average molecular weight is 220 g/mol. The molecule has 4 nitrogen and oxygen atoms in total. The number of likely N-dealkylation sites (tertiary alicyclic amines) is 1. The summed E-state index contributed by atoms with van der Waals surface area (Å²) in [6.45, 7) is 6.81. The minimum absolute atomic E-state index is 0.589. The van der Waals surface area contributed by atoms with Crippen molar-refractivity contribution in [3.8, 4) is 0 Å². The molecule has 88 valence electrons. The van der Waals surface area contributed by atoms with Crippen molar-refractivity contribution in [2.75, 3.05) is 32.0 Å². The van der Waals surface area contributed by atoms with Crippen LogP contribution in [0.3, 0.4) is 0 Å². The summed E-state index contributed by atoms with van der Waals surface area (Å²) in [7, 11) is 2.18. The Morgan fingerprint density at radius 1 is 1.56 bits per heavy atom. The van der Waals surface area contributed by atoms with Gasteiger partial charge < -0.3 is 14.8 Å². The van der Waals surface area contributed by atoms with Crippen molar-refractivity contribution >= 4 is 5.95 Å². The summed E-state index contributed by atoms with van der Waals surface area (Å²) in [6, 6.07) is 0.589. The Hall–Kier alpha value is -1.29. The molecule has 2 heterocycles. The first-order valence-corrected chi connectivity index (χ1v) is 5.87. The summed E-state index contributed by atoms with van der Waals surface area (Å²) in [4.78, 5) is 6.72. The minimum Gasteiger partial charge on any atom is -0.352 e. The molecule has 1 aromatic heterocycles. The number of imidazole rings is 1. The zero-order chi connectivity index (χ0) is 11.4. The largest absolute Gasteiger partial charge is 0.352 e. The second-order valence-corrected chi connectivity index (χ2v) is 4.36. The molecule has 0 bridgehead atoms. The van der Waals surface area contributed by atoms with Crippen molar-refractivity contribution in [1.29, 1.82) is 0 Å². The maximum absolute atomic E-state index is 4.34. The van der Waals surface area contributed by atoms with Crippen molar-refractivity contribution < 1.29 is 0 Å². The van der Waals surface area contributed by atoms with E-state index in [9.17, 15) is 0 Å². The number of nitrogens with one attached hydrogen (secondary N) is 1. The minimum atomic E-state index is 0.589. The monoisotopic (exact) mass is 220 g/mol. The highest BCUT2D eigenvalue weighted by Crippen LogP contribution is 2.24. The first-order chi connectivity index (χ1) is 7.81. The fourth-order valence-corrected chi connectivity index (χ4v) is 2.18. The molecular weight excluding hydrogens is 200 g/mol. The van der Waals surface area contributed by atoms with Gasteiger partial charge in [-0.15, -0.1) is 6.58 Å². The molecule has 1 aliphatic rings. The molecule has 0 atom stereocenters. The molecule has 0 aliphatic carbocycles. The molecule has 1 aliphatic heterocycles. The van der Waals surface area contributed by atoms with Crippen LogP contribution in [0, 0.1) is 0 Å². The van der Waals surface area contributed by atoms with Gasteiger partial charge in [0.1, 0.15) is 0 Å². The Morgan fingerprint density at radius 3 is 3.00 bits per heavy atom. The highest BCUT2D eigenvalue weighted by Gasteiger charge is 2.19. The fourth-order valence-electron chi connectivity index (χ4n) is 2.18. The van der Waals surface area contributed by atoms with Gasteiger partial charge in [-0.1, -0.05) is 6.08 Å². The normalized spacial score (nSPS) is 18.6. The highest BCUT2D eigenvalue weighted by molar-refractivity contribution is 5.27. The van der Waals surface area contributed by atoms with Crippen molar-refractivity contribution in [2.24, 2.45) is 0 Å². The third-order valence-corrected chi connectivity index (χ3v) is 3.15. The quantitative estimate of drug-likeness (QED) is 0.785. The summed E-state index contributed by atoms with van der Waals surface area (Å²) < 4.78 is 2.26. The number of rotatable bonds is 4. The molecular formula is C12H20N4. The maximum Gasteiger partial charge on any atom is 0.203 e. The second-order valence-electron chi connectivity index (χ2n) is 4.36. The zero-order valence-corrected chi connectivity index (χ0v) is 9.89. The van der Waals surface area contributed by atoms with E-state index in [0.29, 0.717) is 6.04 Å². The molecule has 1 fully saturated rings. The van der Waals surface area contributed by atoms with Gasteiger partial charge in [0.2, 0.25) is 5.95 Å². The van der Waals surface area contributed by atoms with Gasteiger partial charge in [-0.05, 0) is 33.0 Å². The van der Waals surface area contributed by atoms with E-state index in [2.05, 4.69) is 39.6 Å². The Kier molecular flexibility index (Phi) is 3.62. The van der Waals surface area contributed by atoms with Gasteiger partial charge in [0.05, 0.1) is 0 Å². The molecule has 0 unspecified atom stereocenters. The third-order valence-electron chi connectivity index (χ3n) is 3.15. The summed E-state index contributed by atoms with van der Waals surface area (Å²) >= 11 is 0. The lowest BCUT2D eigenvalue weighted by molar-refractivity contribution is 0.222.